The summed E-state index contributed by atoms with van der Waals surface area (Å²) in [5, 5.41) is 3.02. The van der Waals surface area contributed by atoms with Crippen LogP contribution in [0.15, 0.2) is 48.5 Å². The highest BCUT2D eigenvalue weighted by molar-refractivity contribution is 5.94. The number of ether oxygens (including phenoxy) is 1. The number of carbonyl (C=O) groups excluding carboxylic acids is 1. The molecule has 1 aliphatic heterocycles. The molecule has 4 nitrogen and oxygen atoms in total. The van der Waals surface area contributed by atoms with Gasteiger partial charge in [0.1, 0.15) is 12.4 Å². The van der Waals surface area contributed by atoms with Crippen LogP contribution in [0.5, 0.6) is 5.75 Å². The van der Waals surface area contributed by atoms with E-state index in [1.54, 1.807) is 0 Å². The van der Waals surface area contributed by atoms with E-state index in [-0.39, 0.29) is 11.9 Å². The van der Waals surface area contributed by atoms with Crippen molar-refractivity contribution in [3.05, 3.63) is 65.2 Å². The number of nitrogens with one attached hydrogen (secondary N) is 1. The van der Waals surface area contributed by atoms with Crippen LogP contribution in [0, 0.1) is 12.8 Å². The largest absolute Gasteiger partial charge is 0.491 e. The van der Waals surface area contributed by atoms with E-state index in [2.05, 4.69) is 29.3 Å². The molecule has 0 aliphatic carbocycles. The molecule has 1 heterocycles. The highest BCUT2D eigenvalue weighted by Crippen LogP contribution is 2.18. The molecule has 1 atom stereocenters. The van der Waals surface area contributed by atoms with Gasteiger partial charge in [0.25, 0.3) is 5.91 Å². The van der Waals surface area contributed by atoms with E-state index in [0.29, 0.717) is 12.2 Å². The maximum Gasteiger partial charge on any atom is 0.251 e. The molecule has 0 aromatic heterocycles. The zero-order chi connectivity index (χ0) is 19.9. The fraction of sp³-hybridized carbons (Fsp3) is 0.458. The van der Waals surface area contributed by atoms with Crippen molar-refractivity contribution in [2.45, 2.75) is 46.2 Å². The number of carbonyl (C=O) groups is 1. The third-order valence-electron chi connectivity index (χ3n) is 5.46. The Kier molecular flexibility index (Phi) is 7.10. The summed E-state index contributed by atoms with van der Waals surface area (Å²) >= 11 is 0. The lowest BCUT2D eigenvalue weighted by atomic mass is 9.99. The molecule has 4 heteroatoms. The topological polar surface area (TPSA) is 41.6 Å². The van der Waals surface area contributed by atoms with Crippen LogP contribution in [0.25, 0.3) is 0 Å². The molecule has 0 saturated carbocycles. The Morgan fingerprint density at radius 1 is 1.14 bits per heavy atom. The summed E-state index contributed by atoms with van der Waals surface area (Å²) in [6, 6.07) is 15.8. The van der Waals surface area contributed by atoms with Crippen molar-refractivity contribution in [2.75, 3.05) is 19.7 Å². The molecule has 1 amide bonds. The van der Waals surface area contributed by atoms with Gasteiger partial charge in [0, 0.05) is 12.1 Å². The van der Waals surface area contributed by atoms with Crippen molar-refractivity contribution in [1.82, 2.24) is 10.2 Å². The van der Waals surface area contributed by atoms with Crippen LogP contribution < -0.4 is 10.1 Å². The molecule has 1 N–H and O–H groups in total. The first kappa shape index (κ1) is 20.4. The van der Waals surface area contributed by atoms with Gasteiger partial charge in [-0.15, -0.1) is 0 Å². The van der Waals surface area contributed by atoms with Crippen molar-refractivity contribution < 1.29 is 9.53 Å². The Labute approximate surface area is 168 Å². The van der Waals surface area contributed by atoms with E-state index in [0.717, 1.165) is 23.8 Å². The number of para-hydroxylation sites is 1. The van der Waals surface area contributed by atoms with E-state index < -0.39 is 0 Å². The number of piperidine rings is 1. The van der Waals surface area contributed by atoms with Crippen LogP contribution in [0.2, 0.25) is 0 Å². The van der Waals surface area contributed by atoms with Gasteiger partial charge in [-0.3, -0.25) is 9.69 Å². The Balaban J connectivity index is 1.46. The van der Waals surface area contributed by atoms with E-state index in [4.69, 9.17) is 4.74 Å². The molecule has 3 rings (SSSR count). The van der Waals surface area contributed by atoms with Crippen LogP contribution in [-0.2, 0) is 6.54 Å². The monoisotopic (exact) mass is 380 g/mol. The van der Waals surface area contributed by atoms with Gasteiger partial charge in [0.15, 0.2) is 0 Å². The highest BCUT2D eigenvalue weighted by Gasteiger charge is 2.16. The normalized spacial score (nSPS) is 16.5. The molecular weight excluding hydrogens is 348 g/mol. The van der Waals surface area contributed by atoms with Crippen LogP contribution in [-0.4, -0.2) is 36.5 Å². The Morgan fingerprint density at radius 3 is 2.50 bits per heavy atom. The Bertz CT molecular complexity index is 764. The predicted molar refractivity (Wildman–Crippen MR) is 114 cm³/mol. The number of likely N-dealkylation sites (tertiary alicyclic amines) is 1. The predicted octanol–water partition coefficient (Wildman–Crippen LogP) is 4.42. The van der Waals surface area contributed by atoms with Crippen LogP contribution in [0.1, 0.15) is 48.2 Å². The highest BCUT2D eigenvalue weighted by atomic mass is 16.5. The zero-order valence-electron chi connectivity index (χ0n) is 17.3. The summed E-state index contributed by atoms with van der Waals surface area (Å²) in [6.07, 6.45) is 2.56. The molecule has 2 aromatic carbocycles. The van der Waals surface area contributed by atoms with Gasteiger partial charge in [-0.2, -0.15) is 0 Å². The number of rotatable bonds is 7. The molecule has 0 bridgehead atoms. The third kappa shape index (κ3) is 5.83. The first-order valence-corrected chi connectivity index (χ1v) is 10.3. The quantitative estimate of drug-likeness (QED) is 0.773. The number of aryl methyl sites for hydroxylation is 1. The average molecular weight is 381 g/mol. The molecule has 0 radical (unpaired) electrons. The summed E-state index contributed by atoms with van der Waals surface area (Å²) in [5.74, 6) is 1.65. The second-order valence-electron chi connectivity index (χ2n) is 8.11. The zero-order valence-corrected chi connectivity index (χ0v) is 17.3. The smallest absolute Gasteiger partial charge is 0.251 e. The lowest BCUT2D eigenvalue weighted by Crippen LogP contribution is -2.36. The van der Waals surface area contributed by atoms with E-state index >= 15 is 0 Å². The molecule has 1 saturated heterocycles. The van der Waals surface area contributed by atoms with Crippen molar-refractivity contribution in [2.24, 2.45) is 5.92 Å². The molecule has 0 spiro atoms. The number of amides is 1. The summed E-state index contributed by atoms with van der Waals surface area (Å²) in [5.41, 5.74) is 3.06. The molecule has 28 heavy (non-hydrogen) atoms. The minimum atomic E-state index is -0.0675. The Hall–Kier alpha value is -2.33. The third-order valence-corrected chi connectivity index (χ3v) is 5.46. The van der Waals surface area contributed by atoms with Gasteiger partial charge in [-0.05, 0) is 75.0 Å². The van der Waals surface area contributed by atoms with E-state index in [9.17, 15) is 4.79 Å². The number of hydrogen-bond acceptors (Lipinski definition) is 3. The minimum Gasteiger partial charge on any atom is -0.491 e. The lowest BCUT2D eigenvalue weighted by Gasteiger charge is -2.30. The Morgan fingerprint density at radius 2 is 1.82 bits per heavy atom. The molecule has 1 fully saturated rings. The first-order valence-electron chi connectivity index (χ1n) is 10.3. The first-order chi connectivity index (χ1) is 13.5. The molecule has 1 aliphatic rings. The standard InChI is InChI=1S/C24H32N2O2/c1-18-12-14-26(15-13-18)16-21-8-10-22(11-9-21)24(27)25-20(3)17-28-23-7-5-4-6-19(23)2/h4-11,18,20H,12-17H2,1-3H3,(H,25,27)/t20-/m1/s1. The van der Waals surface area contributed by atoms with Gasteiger partial charge in [0.05, 0.1) is 6.04 Å². The van der Waals surface area contributed by atoms with Crippen LogP contribution in [0.3, 0.4) is 0 Å². The molecule has 0 unspecified atom stereocenters. The van der Waals surface area contributed by atoms with Gasteiger partial charge < -0.3 is 10.1 Å². The fourth-order valence-electron chi connectivity index (χ4n) is 3.52. The van der Waals surface area contributed by atoms with Gasteiger partial charge in [-0.1, -0.05) is 37.3 Å². The molecular formula is C24H32N2O2. The van der Waals surface area contributed by atoms with E-state index in [1.807, 2.05) is 50.2 Å². The van der Waals surface area contributed by atoms with E-state index in [1.165, 1.54) is 31.5 Å². The summed E-state index contributed by atoms with van der Waals surface area (Å²) < 4.78 is 5.83. The van der Waals surface area contributed by atoms with Crippen molar-refractivity contribution >= 4 is 5.91 Å². The molecule has 2 aromatic rings. The number of nitrogens with zero attached hydrogens (tertiary/aromatic N) is 1. The van der Waals surface area contributed by atoms with Crippen molar-refractivity contribution in [3.8, 4) is 5.75 Å². The molecule has 150 valence electrons. The van der Waals surface area contributed by atoms with Crippen LogP contribution >= 0.6 is 0 Å². The summed E-state index contributed by atoms with van der Waals surface area (Å²) in [4.78, 5) is 15.0. The maximum atomic E-state index is 12.5. The van der Waals surface area contributed by atoms with Gasteiger partial charge >= 0.3 is 0 Å². The van der Waals surface area contributed by atoms with Crippen molar-refractivity contribution in [1.29, 1.82) is 0 Å². The minimum absolute atomic E-state index is 0.0563. The summed E-state index contributed by atoms with van der Waals surface area (Å²) in [7, 11) is 0. The summed E-state index contributed by atoms with van der Waals surface area (Å²) in [6.45, 7) is 10.1. The van der Waals surface area contributed by atoms with Crippen LogP contribution in [0.4, 0.5) is 0 Å². The second-order valence-corrected chi connectivity index (χ2v) is 8.11. The van der Waals surface area contributed by atoms with Gasteiger partial charge in [-0.25, -0.2) is 0 Å². The van der Waals surface area contributed by atoms with Gasteiger partial charge in [0.2, 0.25) is 0 Å². The maximum absolute atomic E-state index is 12.5. The lowest BCUT2D eigenvalue weighted by molar-refractivity contribution is 0.0926. The average Bonchev–Trinajstić information content (AvgIpc) is 2.69. The second kappa shape index (κ2) is 9.74. The number of hydrogen-bond donors (Lipinski definition) is 1. The fourth-order valence-corrected chi connectivity index (χ4v) is 3.52. The SMILES string of the molecule is Cc1ccccc1OC[C@@H](C)NC(=O)c1ccc(CN2CCC(C)CC2)cc1. The number of benzene rings is 2. The van der Waals surface area contributed by atoms with Crippen molar-refractivity contribution in [3.63, 3.8) is 0 Å².